The van der Waals surface area contributed by atoms with Crippen molar-refractivity contribution in [2.24, 2.45) is 0 Å². The molecular weight excluding hydrogens is 195 g/mol. The van der Waals surface area contributed by atoms with Gasteiger partial charge < -0.3 is 9.84 Å². The monoisotopic (exact) mass is 212 g/mol. The van der Waals surface area contributed by atoms with E-state index in [1.54, 1.807) is 19.2 Å². The van der Waals surface area contributed by atoms with Crippen LogP contribution in [0.3, 0.4) is 0 Å². The number of aliphatic hydroxyl groups excluding tert-OH is 1. The summed E-state index contributed by atoms with van der Waals surface area (Å²) in [7, 11) is 1.59. The van der Waals surface area contributed by atoms with E-state index in [-0.39, 0.29) is 11.9 Å². The van der Waals surface area contributed by atoms with Gasteiger partial charge in [0.2, 0.25) is 0 Å². The van der Waals surface area contributed by atoms with Crippen molar-refractivity contribution in [2.75, 3.05) is 7.11 Å². The molecule has 2 atom stereocenters. The van der Waals surface area contributed by atoms with Gasteiger partial charge >= 0.3 is 0 Å². The molecule has 1 rings (SSSR count). The number of methoxy groups -OCH3 is 1. The number of hydrogen-bond donors (Lipinski definition) is 1. The first kappa shape index (κ1) is 12.1. The Bertz CT molecular complexity index is 280. The van der Waals surface area contributed by atoms with Crippen LogP contribution in [0.4, 0.5) is 4.39 Å². The molecule has 84 valence electrons. The van der Waals surface area contributed by atoms with Crippen LogP contribution >= 0.6 is 0 Å². The molecule has 3 heteroatoms. The summed E-state index contributed by atoms with van der Waals surface area (Å²) in [5, 5.41) is 9.81. The first-order chi connectivity index (χ1) is 7.17. The third-order valence-corrected chi connectivity index (χ3v) is 2.49. The normalized spacial score (nSPS) is 14.9. The fourth-order valence-electron chi connectivity index (χ4n) is 1.59. The quantitative estimate of drug-likeness (QED) is 0.810. The average Bonchev–Trinajstić information content (AvgIpc) is 2.23. The smallest absolute Gasteiger partial charge is 0.123 e. The molecule has 1 N–H and O–H groups in total. The molecule has 0 aromatic heterocycles. The number of rotatable bonds is 5. The first-order valence-corrected chi connectivity index (χ1v) is 5.12. The lowest BCUT2D eigenvalue weighted by Crippen LogP contribution is -2.29. The van der Waals surface area contributed by atoms with E-state index in [1.807, 2.05) is 6.92 Å². The van der Waals surface area contributed by atoms with E-state index >= 15 is 0 Å². The van der Waals surface area contributed by atoms with E-state index < -0.39 is 6.10 Å². The van der Waals surface area contributed by atoms with Gasteiger partial charge in [-0.25, -0.2) is 4.39 Å². The zero-order valence-corrected chi connectivity index (χ0v) is 9.11. The summed E-state index contributed by atoms with van der Waals surface area (Å²) in [6.45, 7) is 1.96. The van der Waals surface area contributed by atoms with Crippen LogP contribution in [0.5, 0.6) is 0 Å². The molecule has 0 aliphatic heterocycles. The topological polar surface area (TPSA) is 29.5 Å². The molecule has 0 fully saturated rings. The van der Waals surface area contributed by atoms with Crippen molar-refractivity contribution in [3.63, 3.8) is 0 Å². The second kappa shape index (κ2) is 5.83. The van der Waals surface area contributed by atoms with Gasteiger partial charge in [0.25, 0.3) is 0 Å². The molecular formula is C12H17FO2. The molecule has 0 heterocycles. The Morgan fingerprint density at radius 3 is 2.40 bits per heavy atom. The molecule has 2 nitrogen and oxygen atoms in total. The zero-order valence-electron chi connectivity index (χ0n) is 9.11. The molecule has 0 spiro atoms. The molecule has 0 aliphatic carbocycles. The summed E-state index contributed by atoms with van der Waals surface area (Å²) in [5.74, 6) is -0.257. The lowest BCUT2D eigenvalue weighted by Gasteiger charge is -2.19. The van der Waals surface area contributed by atoms with Gasteiger partial charge in [-0.15, -0.1) is 0 Å². The summed E-state index contributed by atoms with van der Waals surface area (Å²) < 4.78 is 17.8. The van der Waals surface area contributed by atoms with E-state index in [4.69, 9.17) is 4.74 Å². The van der Waals surface area contributed by atoms with Gasteiger partial charge in [0.1, 0.15) is 5.82 Å². The molecule has 15 heavy (non-hydrogen) atoms. The van der Waals surface area contributed by atoms with Gasteiger partial charge in [-0.3, -0.25) is 0 Å². The Balaban J connectivity index is 2.57. The minimum Gasteiger partial charge on any atom is -0.390 e. The summed E-state index contributed by atoms with van der Waals surface area (Å²) >= 11 is 0. The maximum absolute atomic E-state index is 12.6. The second-order valence-corrected chi connectivity index (χ2v) is 3.58. The number of hydrogen-bond acceptors (Lipinski definition) is 2. The molecule has 0 saturated carbocycles. The Morgan fingerprint density at radius 1 is 1.33 bits per heavy atom. The first-order valence-electron chi connectivity index (χ1n) is 5.12. The van der Waals surface area contributed by atoms with Gasteiger partial charge in [-0.1, -0.05) is 19.1 Å². The summed E-state index contributed by atoms with van der Waals surface area (Å²) in [6.07, 6.45) is 0.561. The van der Waals surface area contributed by atoms with Crippen LogP contribution < -0.4 is 0 Å². The standard InChI is InChI=1S/C12H17FO2/c1-3-12(15-2)11(14)8-9-4-6-10(13)7-5-9/h4-7,11-12,14H,3,8H2,1-2H3. The minimum absolute atomic E-state index is 0.157. The predicted octanol–water partition coefficient (Wildman–Crippen LogP) is 2.15. The summed E-state index contributed by atoms with van der Waals surface area (Å²) in [6, 6.07) is 6.16. The van der Waals surface area contributed by atoms with Gasteiger partial charge in [-0.2, -0.15) is 0 Å². The SMILES string of the molecule is CCC(OC)C(O)Cc1ccc(F)cc1. The summed E-state index contributed by atoms with van der Waals surface area (Å²) in [5.41, 5.74) is 0.916. The van der Waals surface area contributed by atoms with Gasteiger partial charge in [-0.05, 0) is 24.1 Å². The van der Waals surface area contributed by atoms with Crippen LogP contribution in [0.15, 0.2) is 24.3 Å². The number of ether oxygens (including phenoxy) is 1. The third kappa shape index (κ3) is 3.61. The average molecular weight is 212 g/mol. The van der Waals surface area contributed by atoms with E-state index in [2.05, 4.69) is 0 Å². The van der Waals surface area contributed by atoms with Gasteiger partial charge in [0.15, 0.2) is 0 Å². The highest BCUT2D eigenvalue weighted by Crippen LogP contribution is 2.11. The fourth-order valence-corrected chi connectivity index (χ4v) is 1.59. The highest BCUT2D eigenvalue weighted by atomic mass is 19.1. The Hall–Kier alpha value is -0.930. The van der Waals surface area contributed by atoms with E-state index in [0.29, 0.717) is 6.42 Å². The van der Waals surface area contributed by atoms with Gasteiger partial charge in [0.05, 0.1) is 12.2 Å². The van der Waals surface area contributed by atoms with Crippen molar-refractivity contribution in [3.05, 3.63) is 35.6 Å². The van der Waals surface area contributed by atoms with Crippen LogP contribution in [-0.2, 0) is 11.2 Å². The largest absolute Gasteiger partial charge is 0.390 e. The fraction of sp³-hybridized carbons (Fsp3) is 0.500. The Morgan fingerprint density at radius 2 is 1.93 bits per heavy atom. The Kier molecular flexibility index (Phi) is 4.72. The molecule has 0 aliphatic rings. The minimum atomic E-state index is -0.537. The molecule has 0 bridgehead atoms. The maximum atomic E-state index is 12.6. The van der Waals surface area contributed by atoms with Crippen molar-refractivity contribution < 1.29 is 14.2 Å². The van der Waals surface area contributed by atoms with Crippen molar-refractivity contribution in [3.8, 4) is 0 Å². The van der Waals surface area contributed by atoms with Gasteiger partial charge in [0, 0.05) is 13.5 Å². The van der Waals surface area contributed by atoms with Crippen LogP contribution in [0.2, 0.25) is 0 Å². The molecule has 1 aromatic carbocycles. The lowest BCUT2D eigenvalue weighted by atomic mass is 10.0. The van der Waals surface area contributed by atoms with Crippen LogP contribution in [0.1, 0.15) is 18.9 Å². The highest BCUT2D eigenvalue weighted by Gasteiger charge is 2.16. The molecule has 1 aromatic rings. The van der Waals surface area contributed by atoms with E-state index in [0.717, 1.165) is 12.0 Å². The van der Waals surface area contributed by atoms with Crippen LogP contribution in [0.25, 0.3) is 0 Å². The number of aliphatic hydroxyl groups is 1. The maximum Gasteiger partial charge on any atom is 0.123 e. The summed E-state index contributed by atoms with van der Waals surface area (Å²) in [4.78, 5) is 0. The Labute approximate surface area is 89.7 Å². The van der Waals surface area contributed by atoms with Crippen molar-refractivity contribution in [1.29, 1.82) is 0 Å². The van der Waals surface area contributed by atoms with E-state index in [1.165, 1.54) is 12.1 Å². The predicted molar refractivity (Wildman–Crippen MR) is 57.2 cm³/mol. The molecule has 0 saturated heterocycles. The lowest BCUT2D eigenvalue weighted by molar-refractivity contribution is -0.0128. The second-order valence-electron chi connectivity index (χ2n) is 3.58. The molecule has 0 amide bonds. The molecule has 0 radical (unpaired) electrons. The number of halogens is 1. The van der Waals surface area contributed by atoms with E-state index in [9.17, 15) is 9.50 Å². The molecule has 2 unspecified atom stereocenters. The third-order valence-electron chi connectivity index (χ3n) is 2.49. The van der Waals surface area contributed by atoms with Crippen LogP contribution in [0, 0.1) is 5.82 Å². The van der Waals surface area contributed by atoms with Crippen molar-refractivity contribution in [2.45, 2.75) is 32.0 Å². The van der Waals surface area contributed by atoms with Crippen molar-refractivity contribution in [1.82, 2.24) is 0 Å². The van der Waals surface area contributed by atoms with Crippen molar-refractivity contribution >= 4 is 0 Å². The highest BCUT2D eigenvalue weighted by molar-refractivity contribution is 5.17. The zero-order chi connectivity index (χ0) is 11.3. The number of benzene rings is 1. The van der Waals surface area contributed by atoms with Crippen LogP contribution in [-0.4, -0.2) is 24.4 Å².